The minimum Gasteiger partial charge on any atom is -0.391 e. The fourth-order valence-corrected chi connectivity index (χ4v) is 4.56. The average Bonchev–Trinajstić information content (AvgIpc) is 2.18. The Morgan fingerprint density at radius 2 is 1.94 bits per heavy atom. The molecule has 0 aromatic rings. The van der Waals surface area contributed by atoms with Gasteiger partial charge in [0.2, 0.25) is 0 Å². The van der Waals surface area contributed by atoms with Crippen molar-refractivity contribution in [2.75, 3.05) is 18.1 Å². The molecule has 0 aromatic heterocycles. The van der Waals surface area contributed by atoms with Crippen molar-refractivity contribution in [2.45, 2.75) is 50.8 Å². The highest BCUT2D eigenvalue weighted by Crippen LogP contribution is 2.26. The van der Waals surface area contributed by atoms with E-state index < -0.39 is 9.84 Å². The number of aliphatic hydroxyl groups is 1. The van der Waals surface area contributed by atoms with Gasteiger partial charge in [0.15, 0.2) is 9.84 Å². The molecule has 2 rings (SSSR count). The van der Waals surface area contributed by atoms with Gasteiger partial charge < -0.3 is 5.11 Å². The summed E-state index contributed by atoms with van der Waals surface area (Å²) >= 11 is 0. The number of nitrogens with zero attached hydrogens (tertiary/aromatic N) is 1. The monoisotopic (exact) mass is 247 g/mol. The summed E-state index contributed by atoms with van der Waals surface area (Å²) in [6, 6.07) is 0.232. The van der Waals surface area contributed by atoms with E-state index in [9.17, 15) is 13.5 Å². The minimum atomic E-state index is -2.84. The largest absolute Gasteiger partial charge is 0.391 e. The van der Waals surface area contributed by atoms with E-state index in [0.29, 0.717) is 6.54 Å². The van der Waals surface area contributed by atoms with Crippen LogP contribution in [0.3, 0.4) is 0 Å². The van der Waals surface area contributed by atoms with Gasteiger partial charge in [-0.2, -0.15) is 0 Å². The van der Waals surface area contributed by atoms with Crippen LogP contribution in [0.5, 0.6) is 0 Å². The van der Waals surface area contributed by atoms with Gasteiger partial charge in [-0.15, -0.1) is 0 Å². The van der Waals surface area contributed by atoms with E-state index in [4.69, 9.17) is 0 Å². The SMILES string of the molecule is CC1CS(=O)(=O)CCN1C1CCCCC1O. The second-order valence-corrected chi connectivity index (χ2v) is 7.35. The molecule has 2 aliphatic rings. The van der Waals surface area contributed by atoms with Crippen molar-refractivity contribution in [1.82, 2.24) is 4.90 Å². The van der Waals surface area contributed by atoms with Crippen LogP contribution in [0, 0.1) is 0 Å². The Bertz CT molecular complexity index is 341. The Labute approximate surface area is 97.6 Å². The third-order valence-corrected chi connectivity index (χ3v) is 5.64. The summed E-state index contributed by atoms with van der Waals surface area (Å²) in [5.74, 6) is 0.497. The molecule has 94 valence electrons. The summed E-state index contributed by atoms with van der Waals surface area (Å²) in [7, 11) is -2.84. The third kappa shape index (κ3) is 2.57. The molecule has 2 fully saturated rings. The quantitative estimate of drug-likeness (QED) is 0.729. The van der Waals surface area contributed by atoms with Crippen LogP contribution in [-0.4, -0.2) is 54.7 Å². The number of sulfone groups is 1. The topological polar surface area (TPSA) is 57.6 Å². The van der Waals surface area contributed by atoms with Crippen LogP contribution in [0.4, 0.5) is 0 Å². The fourth-order valence-electron chi connectivity index (χ4n) is 2.98. The van der Waals surface area contributed by atoms with Crippen LogP contribution in [0.2, 0.25) is 0 Å². The standard InChI is InChI=1S/C11H21NO3S/c1-9-8-16(14,15)7-6-12(9)10-4-2-3-5-11(10)13/h9-11,13H,2-8H2,1H3. The molecule has 0 amide bonds. The van der Waals surface area contributed by atoms with Crippen LogP contribution in [-0.2, 0) is 9.84 Å². The molecule has 1 aliphatic heterocycles. The number of hydrogen-bond donors (Lipinski definition) is 1. The molecule has 3 atom stereocenters. The molecule has 4 nitrogen and oxygen atoms in total. The zero-order chi connectivity index (χ0) is 11.8. The molecule has 1 heterocycles. The lowest BCUT2D eigenvalue weighted by molar-refractivity contribution is 0.00664. The second-order valence-electron chi connectivity index (χ2n) is 5.12. The summed E-state index contributed by atoms with van der Waals surface area (Å²) in [6.07, 6.45) is 3.85. The molecule has 1 saturated heterocycles. The number of aliphatic hydroxyl groups excluding tert-OH is 1. The van der Waals surface area contributed by atoms with E-state index >= 15 is 0 Å². The Balaban J connectivity index is 2.04. The third-order valence-electron chi connectivity index (χ3n) is 3.84. The minimum absolute atomic E-state index is 0.0523. The molecule has 0 aromatic carbocycles. The molecule has 0 spiro atoms. The molecule has 1 N–H and O–H groups in total. The highest BCUT2D eigenvalue weighted by atomic mass is 32.2. The van der Waals surface area contributed by atoms with Gasteiger partial charge in [-0.05, 0) is 19.8 Å². The lowest BCUT2D eigenvalue weighted by Crippen LogP contribution is -2.56. The maximum atomic E-state index is 11.5. The zero-order valence-corrected chi connectivity index (χ0v) is 10.6. The van der Waals surface area contributed by atoms with Crippen molar-refractivity contribution in [3.8, 4) is 0 Å². The predicted octanol–water partition coefficient (Wildman–Crippen LogP) is 0.409. The first-order chi connectivity index (χ1) is 7.49. The second kappa shape index (κ2) is 4.63. The number of rotatable bonds is 1. The first kappa shape index (κ1) is 12.3. The van der Waals surface area contributed by atoms with E-state index in [2.05, 4.69) is 4.90 Å². The van der Waals surface area contributed by atoms with Gasteiger partial charge in [0.05, 0.1) is 17.6 Å². The molecule has 16 heavy (non-hydrogen) atoms. The van der Waals surface area contributed by atoms with Crippen LogP contribution in [0.25, 0.3) is 0 Å². The maximum Gasteiger partial charge on any atom is 0.153 e. The van der Waals surface area contributed by atoms with Gasteiger partial charge in [0.1, 0.15) is 0 Å². The fraction of sp³-hybridized carbons (Fsp3) is 1.00. The van der Waals surface area contributed by atoms with Crippen molar-refractivity contribution in [3.63, 3.8) is 0 Å². The lowest BCUT2D eigenvalue weighted by Gasteiger charge is -2.43. The maximum absolute atomic E-state index is 11.5. The molecule has 3 unspecified atom stereocenters. The average molecular weight is 247 g/mol. The van der Waals surface area contributed by atoms with Crippen LogP contribution < -0.4 is 0 Å². The Morgan fingerprint density at radius 3 is 2.56 bits per heavy atom. The van der Waals surface area contributed by atoms with Crippen molar-refractivity contribution >= 4 is 9.84 Å². The number of hydrogen-bond acceptors (Lipinski definition) is 4. The van der Waals surface area contributed by atoms with Gasteiger partial charge in [-0.3, -0.25) is 4.90 Å². The summed E-state index contributed by atoms with van der Waals surface area (Å²) in [5, 5.41) is 9.98. The summed E-state index contributed by atoms with van der Waals surface area (Å²) in [4.78, 5) is 2.20. The van der Waals surface area contributed by atoms with Gasteiger partial charge >= 0.3 is 0 Å². The van der Waals surface area contributed by atoms with Crippen LogP contribution >= 0.6 is 0 Å². The van der Waals surface area contributed by atoms with E-state index in [0.717, 1.165) is 25.7 Å². The van der Waals surface area contributed by atoms with Crippen molar-refractivity contribution in [2.24, 2.45) is 0 Å². The predicted molar refractivity (Wildman–Crippen MR) is 63.1 cm³/mol. The van der Waals surface area contributed by atoms with Gasteiger partial charge in [0.25, 0.3) is 0 Å². The van der Waals surface area contributed by atoms with Crippen molar-refractivity contribution in [1.29, 1.82) is 0 Å². The smallest absolute Gasteiger partial charge is 0.153 e. The molecular formula is C11H21NO3S. The summed E-state index contributed by atoms with van der Waals surface area (Å²) < 4.78 is 23.0. The highest BCUT2D eigenvalue weighted by molar-refractivity contribution is 7.91. The zero-order valence-electron chi connectivity index (χ0n) is 9.80. The molecule has 0 radical (unpaired) electrons. The van der Waals surface area contributed by atoms with E-state index in [1.807, 2.05) is 6.92 Å². The first-order valence-corrected chi connectivity index (χ1v) is 7.96. The summed E-state index contributed by atoms with van der Waals surface area (Å²) in [5.41, 5.74) is 0. The molecular weight excluding hydrogens is 226 g/mol. The van der Waals surface area contributed by atoms with E-state index in [-0.39, 0.29) is 29.7 Å². The molecule has 1 aliphatic carbocycles. The highest BCUT2D eigenvalue weighted by Gasteiger charge is 2.36. The molecule has 5 heteroatoms. The molecule has 0 bridgehead atoms. The van der Waals surface area contributed by atoms with Gasteiger partial charge in [-0.1, -0.05) is 12.8 Å². The van der Waals surface area contributed by atoms with Gasteiger partial charge in [0, 0.05) is 18.6 Å². The lowest BCUT2D eigenvalue weighted by atomic mass is 9.90. The Morgan fingerprint density at radius 1 is 1.25 bits per heavy atom. The van der Waals surface area contributed by atoms with Crippen LogP contribution in [0.1, 0.15) is 32.6 Å². The normalized spacial score (nSPS) is 40.8. The van der Waals surface area contributed by atoms with E-state index in [1.165, 1.54) is 0 Å². The Hall–Kier alpha value is -0.130. The van der Waals surface area contributed by atoms with E-state index in [1.54, 1.807) is 0 Å². The van der Waals surface area contributed by atoms with Crippen LogP contribution in [0.15, 0.2) is 0 Å². The summed E-state index contributed by atoms with van der Waals surface area (Å²) in [6.45, 7) is 2.54. The molecule has 1 saturated carbocycles. The Kier molecular flexibility index (Phi) is 3.56. The first-order valence-electron chi connectivity index (χ1n) is 6.14. The van der Waals surface area contributed by atoms with Crippen molar-refractivity contribution in [3.05, 3.63) is 0 Å². The van der Waals surface area contributed by atoms with Gasteiger partial charge in [-0.25, -0.2) is 8.42 Å². The van der Waals surface area contributed by atoms with Crippen molar-refractivity contribution < 1.29 is 13.5 Å².